The number of carbonyl (C=O) groups is 1. The molecule has 6 nitrogen and oxygen atoms in total. The van der Waals surface area contributed by atoms with Crippen molar-refractivity contribution >= 4 is 39.4 Å². The molecule has 1 aromatic carbocycles. The van der Waals surface area contributed by atoms with E-state index in [0.717, 1.165) is 13.2 Å². The molecule has 29 heavy (non-hydrogen) atoms. The smallest absolute Gasteiger partial charge is 0.421 e. The minimum atomic E-state index is -4.64. The highest BCUT2D eigenvalue weighted by molar-refractivity contribution is 9.10. The van der Waals surface area contributed by atoms with E-state index in [2.05, 4.69) is 41.3 Å². The van der Waals surface area contributed by atoms with Crippen LogP contribution in [0.1, 0.15) is 42.6 Å². The van der Waals surface area contributed by atoms with E-state index >= 15 is 0 Å². The van der Waals surface area contributed by atoms with Gasteiger partial charge in [-0.3, -0.25) is 0 Å². The molecule has 2 aromatic rings. The molecule has 0 bridgehead atoms. The summed E-state index contributed by atoms with van der Waals surface area (Å²) in [6.07, 6.45) is -2.80. The van der Waals surface area contributed by atoms with Gasteiger partial charge in [-0.05, 0) is 40.9 Å². The van der Waals surface area contributed by atoms with E-state index in [1.807, 2.05) is 13.8 Å². The number of halogens is 5. The number of esters is 1. The van der Waals surface area contributed by atoms with Crippen molar-refractivity contribution in [2.45, 2.75) is 38.9 Å². The molecule has 2 N–H and O–H groups in total. The van der Waals surface area contributed by atoms with Crippen LogP contribution in [0.5, 0.6) is 0 Å². The van der Waals surface area contributed by atoms with Crippen molar-refractivity contribution in [3.8, 4) is 0 Å². The Kier molecular flexibility index (Phi) is 7.39. The van der Waals surface area contributed by atoms with Gasteiger partial charge in [0, 0.05) is 17.9 Å². The van der Waals surface area contributed by atoms with Gasteiger partial charge in [0.2, 0.25) is 5.95 Å². The summed E-state index contributed by atoms with van der Waals surface area (Å²) in [5.41, 5.74) is -1.04. The first-order valence-electron chi connectivity index (χ1n) is 8.65. The van der Waals surface area contributed by atoms with E-state index < -0.39 is 23.5 Å². The topological polar surface area (TPSA) is 76.1 Å². The fraction of sp³-hybridized carbons (Fsp3) is 0.389. The van der Waals surface area contributed by atoms with E-state index in [-0.39, 0.29) is 33.5 Å². The number of nitrogens with zero attached hydrogens (tertiary/aromatic N) is 2. The number of benzene rings is 1. The second kappa shape index (κ2) is 9.38. The average molecular weight is 479 g/mol. The molecule has 158 valence electrons. The van der Waals surface area contributed by atoms with Gasteiger partial charge in [0.25, 0.3) is 0 Å². The van der Waals surface area contributed by atoms with E-state index in [1.165, 1.54) is 6.07 Å². The Morgan fingerprint density at radius 2 is 1.93 bits per heavy atom. The zero-order valence-corrected chi connectivity index (χ0v) is 17.4. The molecule has 1 aromatic heterocycles. The summed E-state index contributed by atoms with van der Waals surface area (Å²) in [7, 11) is 1.14. The van der Waals surface area contributed by atoms with Gasteiger partial charge >= 0.3 is 12.1 Å². The molecule has 0 aliphatic rings. The SMILES string of the molecule is CCC(CC)Nc1nc(Nc2cc(F)c(Br)c(C(=O)OC)c2)ncc1C(F)(F)F. The van der Waals surface area contributed by atoms with E-state index in [1.54, 1.807) is 0 Å². The average Bonchev–Trinajstić information content (AvgIpc) is 2.67. The summed E-state index contributed by atoms with van der Waals surface area (Å²) in [5.74, 6) is -2.12. The number of aromatic nitrogens is 2. The molecule has 0 fully saturated rings. The molecular weight excluding hydrogens is 460 g/mol. The molecule has 0 amide bonds. The fourth-order valence-corrected chi connectivity index (χ4v) is 2.89. The lowest BCUT2D eigenvalue weighted by Gasteiger charge is -2.20. The first-order valence-corrected chi connectivity index (χ1v) is 9.45. The third-order valence-corrected chi connectivity index (χ3v) is 4.92. The van der Waals surface area contributed by atoms with Crippen molar-refractivity contribution in [1.82, 2.24) is 9.97 Å². The Labute approximate surface area is 173 Å². The number of ether oxygens (including phenoxy) is 1. The van der Waals surface area contributed by atoms with Gasteiger partial charge in [0.05, 0.1) is 17.1 Å². The molecule has 0 spiro atoms. The van der Waals surface area contributed by atoms with Gasteiger partial charge in [0.15, 0.2) is 0 Å². The highest BCUT2D eigenvalue weighted by Crippen LogP contribution is 2.35. The number of rotatable bonds is 7. The van der Waals surface area contributed by atoms with Crippen molar-refractivity contribution in [2.75, 3.05) is 17.7 Å². The second-order valence-electron chi connectivity index (χ2n) is 6.05. The molecule has 0 saturated carbocycles. The molecule has 0 aliphatic carbocycles. The van der Waals surface area contributed by atoms with Crippen molar-refractivity contribution < 1.29 is 27.1 Å². The Morgan fingerprint density at radius 3 is 2.48 bits per heavy atom. The Balaban J connectivity index is 2.43. The van der Waals surface area contributed by atoms with Crippen LogP contribution in [0.4, 0.5) is 35.0 Å². The number of hydrogen-bond acceptors (Lipinski definition) is 6. The van der Waals surface area contributed by atoms with Crippen molar-refractivity contribution in [3.05, 3.63) is 39.7 Å². The Bertz CT molecular complexity index is 889. The van der Waals surface area contributed by atoms with Crippen LogP contribution in [0.3, 0.4) is 0 Å². The Morgan fingerprint density at radius 1 is 1.28 bits per heavy atom. The van der Waals surface area contributed by atoms with Gasteiger partial charge in [0.1, 0.15) is 17.2 Å². The van der Waals surface area contributed by atoms with Crippen LogP contribution in [-0.4, -0.2) is 29.1 Å². The normalized spacial score (nSPS) is 11.5. The summed E-state index contributed by atoms with van der Waals surface area (Å²) >= 11 is 2.96. The molecule has 0 aliphatic heterocycles. The van der Waals surface area contributed by atoms with Crippen molar-refractivity contribution in [1.29, 1.82) is 0 Å². The lowest BCUT2D eigenvalue weighted by atomic mass is 10.1. The quantitative estimate of drug-likeness (QED) is 0.402. The summed E-state index contributed by atoms with van der Waals surface area (Å²) < 4.78 is 58.5. The summed E-state index contributed by atoms with van der Waals surface area (Å²) in [5, 5.41) is 5.39. The monoisotopic (exact) mass is 478 g/mol. The van der Waals surface area contributed by atoms with Crippen LogP contribution in [0.2, 0.25) is 0 Å². The van der Waals surface area contributed by atoms with E-state index in [9.17, 15) is 22.4 Å². The third-order valence-electron chi connectivity index (χ3n) is 4.11. The maximum Gasteiger partial charge on any atom is 0.421 e. The van der Waals surface area contributed by atoms with E-state index in [0.29, 0.717) is 19.0 Å². The maximum absolute atomic E-state index is 14.1. The molecule has 0 saturated heterocycles. The fourth-order valence-electron chi connectivity index (χ4n) is 2.49. The Hall–Kier alpha value is -2.43. The van der Waals surface area contributed by atoms with E-state index in [4.69, 9.17) is 0 Å². The minimum Gasteiger partial charge on any atom is -0.465 e. The zero-order chi connectivity index (χ0) is 21.8. The number of hydrogen-bond donors (Lipinski definition) is 2. The van der Waals surface area contributed by atoms with Crippen LogP contribution >= 0.6 is 15.9 Å². The van der Waals surface area contributed by atoms with Crippen LogP contribution < -0.4 is 10.6 Å². The molecule has 2 rings (SSSR count). The zero-order valence-electron chi connectivity index (χ0n) is 15.8. The molecule has 1 heterocycles. The van der Waals surface area contributed by atoms with Crippen molar-refractivity contribution in [3.63, 3.8) is 0 Å². The predicted molar refractivity (Wildman–Crippen MR) is 104 cm³/mol. The maximum atomic E-state index is 14.1. The van der Waals surface area contributed by atoms with Gasteiger partial charge < -0.3 is 15.4 Å². The molecule has 0 radical (unpaired) electrons. The van der Waals surface area contributed by atoms with Gasteiger partial charge in [-0.2, -0.15) is 18.2 Å². The lowest BCUT2D eigenvalue weighted by molar-refractivity contribution is -0.137. The van der Waals surface area contributed by atoms with Gasteiger partial charge in [-0.15, -0.1) is 0 Å². The number of nitrogens with one attached hydrogen (secondary N) is 2. The largest absolute Gasteiger partial charge is 0.465 e. The van der Waals surface area contributed by atoms with Gasteiger partial charge in [-0.25, -0.2) is 14.2 Å². The summed E-state index contributed by atoms with van der Waals surface area (Å²) in [6.45, 7) is 3.68. The third kappa shape index (κ3) is 5.55. The summed E-state index contributed by atoms with van der Waals surface area (Å²) in [6, 6.07) is 2.11. The lowest BCUT2D eigenvalue weighted by Crippen LogP contribution is -2.22. The molecule has 0 unspecified atom stereocenters. The van der Waals surface area contributed by atoms with Crippen molar-refractivity contribution in [2.24, 2.45) is 0 Å². The molecule has 11 heteroatoms. The van der Waals surface area contributed by atoms with Crippen LogP contribution in [0.15, 0.2) is 22.8 Å². The highest BCUT2D eigenvalue weighted by Gasteiger charge is 2.35. The van der Waals surface area contributed by atoms with Crippen LogP contribution in [0.25, 0.3) is 0 Å². The predicted octanol–water partition coefficient (Wildman–Crippen LogP) is 5.53. The standard InChI is InChI=1S/C18H19BrF4N4O2/c1-4-9(5-2)25-15-12(18(21,22)23)8-24-17(27-15)26-10-6-11(16(28)29-3)14(19)13(20)7-10/h6-9H,4-5H2,1-3H3,(H2,24,25,26,27). The first kappa shape index (κ1) is 22.9. The number of methoxy groups -OCH3 is 1. The molecular formula is C18H19BrF4N4O2. The second-order valence-corrected chi connectivity index (χ2v) is 6.84. The number of alkyl halides is 3. The highest BCUT2D eigenvalue weighted by atomic mass is 79.9. The van der Waals surface area contributed by atoms with Crippen LogP contribution in [0, 0.1) is 5.82 Å². The minimum absolute atomic E-state index is 0.0688. The van der Waals surface area contributed by atoms with Gasteiger partial charge in [-0.1, -0.05) is 13.8 Å². The van der Waals surface area contributed by atoms with Crippen LogP contribution in [-0.2, 0) is 10.9 Å². The molecule has 0 atom stereocenters. The first-order chi connectivity index (χ1) is 13.6. The number of anilines is 3. The number of carbonyl (C=O) groups excluding carboxylic acids is 1. The summed E-state index contributed by atoms with van der Waals surface area (Å²) in [4.78, 5) is 19.4.